The summed E-state index contributed by atoms with van der Waals surface area (Å²) in [6.07, 6.45) is 2.45. The Bertz CT molecular complexity index is 581. The number of nitrogens with zero attached hydrogens (tertiary/aromatic N) is 3. The number of carbonyl (C=O) groups excluding carboxylic acids is 1. The van der Waals surface area contributed by atoms with Crippen LogP contribution in [0.1, 0.15) is 31.5 Å². The lowest BCUT2D eigenvalue weighted by atomic mass is 10.1. The van der Waals surface area contributed by atoms with Gasteiger partial charge in [-0.25, -0.2) is 8.42 Å². The summed E-state index contributed by atoms with van der Waals surface area (Å²) in [5.41, 5.74) is 0.824. The molecule has 0 saturated carbocycles. The molecular formula is C12H20N4O3S. The number of hydrogen-bond acceptors (Lipinski definition) is 4. The Labute approximate surface area is 119 Å². The first-order chi connectivity index (χ1) is 9.47. The SMILES string of the molecule is CCCS(=O)(=O)N1Cc2ccnn2[C@@H](CC(=O)NC)C1. The normalized spacial score (nSPS) is 19.6. The first-order valence-corrected chi connectivity index (χ1v) is 8.29. The average molecular weight is 300 g/mol. The molecule has 0 bridgehead atoms. The van der Waals surface area contributed by atoms with Crippen LogP contribution in [0.25, 0.3) is 0 Å². The van der Waals surface area contributed by atoms with E-state index in [2.05, 4.69) is 10.4 Å². The minimum atomic E-state index is -3.27. The van der Waals surface area contributed by atoms with Gasteiger partial charge < -0.3 is 5.32 Å². The lowest BCUT2D eigenvalue weighted by Gasteiger charge is -2.32. The summed E-state index contributed by atoms with van der Waals surface area (Å²) in [5, 5.41) is 6.77. The van der Waals surface area contributed by atoms with Gasteiger partial charge in [-0.05, 0) is 12.5 Å². The molecule has 0 unspecified atom stereocenters. The highest BCUT2D eigenvalue weighted by Gasteiger charge is 2.33. The van der Waals surface area contributed by atoms with Crippen molar-refractivity contribution in [2.75, 3.05) is 19.3 Å². The maximum absolute atomic E-state index is 12.2. The second kappa shape index (κ2) is 5.92. The molecule has 1 aliphatic rings. The molecule has 8 heteroatoms. The van der Waals surface area contributed by atoms with Gasteiger partial charge in [0.1, 0.15) is 0 Å². The van der Waals surface area contributed by atoms with Crippen LogP contribution in [0.3, 0.4) is 0 Å². The van der Waals surface area contributed by atoms with Gasteiger partial charge in [0, 0.05) is 19.8 Å². The molecule has 0 radical (unpaired) electrons. The van der Waals surface area contributed by atoms with E-state index in [1.165, 1.54) is 4.31 Å². The second-order valence-electron chi connectivity index (χ2n) is 4.91. The monoisotopic (exact) mass is 300 g/mol. The summed E-state index contributed by atoms with van der Waals surface area (Å²) in [6, 6.07) is 1.55. The van der Waals surface area contributed by atoms with Crippen molar-refractivity contribution in [2.45, 2.75) is 32.4 Å². The molecule has 0 fully saturated rings. The number of nitrogens with one attached hydrogen (secondary N) is 1. The molecule has 1 aliphatic heterocycles. The Morgan fingerprint density at radius 2 is 2.30 bits per heavy atom. The maximum atomic E-state index is 12.2. The summed E-state index contributed by atoms with van der Waals surface area (Å²) in [7, 11) is -1.70. The van der Waals surface area contributed by atoms with E-state index in [1.807, 2.05) is 6.92 Å². The molecule has 0 aromatic carbocycles. The number of hydrogen-bond donors (Lipinski definition) is 1. The zero-order chi connectivity index (χ0) is 14.8. The van der Waals surface area contributed by atoms with Gasteiger partial charge >= 0.3 is 0 Å². The molecule has 0 spiro atoms. The highest BCUT2D eigenvalue weighted by atomic mass is 32.2. The van der Waals surface area contributed by atoms with Crippen molar-refractivity contribution in [2.24, 2.45) is 0 Å². The number of rotatable bonds is 5. The third-order valence-electron chi connectivity index (χ3n) is 3.41. The Kier molecular flexibility index (Phi) is 4.44. The zero-order valence-corrected chi connectivity index (χ0v) is 12.6. The van der Waals surface area contributed by atoms with Crippen molar-refractivity contribution in [3.8, 4) is 0 Å². The average Bonchev–Trinajstić information content (AvgIpc) is 2.87. The Balaban J connectivity index is 2.24. The molecule has 0 saturated heterocycles. The van der Waals surface area contributed by atoms with Crippen LogP contribution in [0.5, 0.6) is 0 Å². The Morgan fingerprint density at radius 1 is 1.55 bits per heavy atom. The van der Waals surface area contributed by atoms with Crippen molar-refractivity contribution in [3.63, 3.8) is 0 Å². The van der Waals surface area contributed by atoms with Crippen molar-refractivity contribution in [3.05, 3.63) is 18.0 Å². The van der Waals surface area contributed by atoms with Crippen LogP contribution in [0.15, 0.2) is 12.3 Å². The summed E-state index contributed by atoms with van der Waals surface area (Å²) in [6.45, 7) is 2.46. The third kappa shape index (κ3) is 3.01. The van der Waals surface area contributed by atoms with Crippen LogP contribution in [0, 0.1) is 0 Å². The molecule has 0 aliphatic carbocycles. The number of carbonyl (C=O) groups is 1. The largest absolute Gasteiger partial charge is 0.359 e. The highest BCUT2D eigenvalue weighted by Crippen LogP contribution is 2.25. The molecule has 7 nitrogen and oxygen atoms in total. The minimum Gasteiger partial charge on any atom is -0.359 e. The lowest BCUT2D eigenvalue weighted by Crippen LogP contribution is -2.43. The van der Waals surface area contributed by atoms with Gasteiger partial charge in [-0.15, -0.1) is 0 Å². The van der Waals surface area contributed by atoms with Gasteiger partial charge in [0.05, 0.1) is 30.5 Å². The summed E-state index contributed by atoms with van der Waals surface area (Å²) in [5.74, 6) is 0.0135. The van der Waals surface area contributed by atoms with Gasteiger partial charge in [0.2, 0.25) is 15.9 Å². The van der Waals surface area contributed by atoms with Crippen LogP contribution >= 0.6 is 0 Å². The summed E-state index contributed by atoms with van der Waals surface area (Å²) >= 11 is 0. The van der Waals surface area contributed by atoms with Crippen LogP contribution < -0.4 is 5.32 Å². The van der Waals surface area contributed by atoms with Crippen molar-refractivity contribution in [1.82, 2.24) is 19.4 Å². The van der Waals surface area contributed by atoms with E-state index in [0.717, 1.165) is 5.69 Å². The molecule has 1 amide bonds. The molecule has 2 heterocycles. The fourth-order valence-corrected chi connectivity index (χ4v) is 3.92. The van der Waals surface area contributed by atoms with Gasteiger partial charge in [-0.3, -0.25) is 9.48 Å². The first-order valence-electron chi connectivity index (χ1n) is 6.68. The molecular weight excluding hydrogens is 280 g/mol. The van der Waals surface area contributed by atoms with Crippen molar-refractivity contribution in [1.29, 1.82) is 0 Å². The van der Waals surface area contributed by atoms with E-state index in [9.17, 15) is 13.2 Å². The van der Waals surface area contributed by atoms with E-state index in [-0.39, 0.29) is 24.1 Å². The molecule has 1 N–H and O–H groups in total. The van der Waals surface area contributed by atoms with E-state index >= 15 is 0 Å². The fraction of sp³-hybridized carbons (Fsp3) is 0.667. The van der Waals surface area contributed by atoms with E-state index in [0.29, 0.717) is 19.5 Å². The third-order valence-corrected chi connectivity index (χ3v) is 5.40. The van der Waals surface area contributed by atoms with Crippen LogP contribution in [0.4, 0.5) is 0 Å². The predicted molar refractivity (Wildman–Crippen MR) is 74.4 cm³/mol. The Morgan fingerprint density at radius 3 is 2.95 bits per heavy atom. The zero-order valence-electron chi connectivity index (χ0n) is 11.7. The lowest BCUT2D eigenvalue weighted by molar-refractivity contribution is -0.121. The fourth-order valence-electron chi connectivity index (χ4n) is 2.42. The number of sulfonamides is 1. The van der Waals surface area contributed by atoms with Gasteiger partial charge in [-0.2, -0.15) is 9.40 Å². The molecule has 20 heavy (non-hydrogen) atoms. The molecule has 2 rings (SSSR count). The topological polar surface area (TPSA) is 84.3 Å². The van der Waals surface area contributed by atoms with E-state index in [1.54, 1.807) is 24.0 Å². The molecule has 1 aromatic rings. The van der Waals surface area contributed by atoms with Crippen LogP contribution in [-0.2, 0) is 21.4 Å². The van der Waals surface area contributed by atoms with E-state index in [4.69, 9.17) is 0 Å². The summed E-state index contributed by atoms with van der Waals surface area (Å²) in [4.78, 5) is 11.6. The van der Waals surface area contributed by atoms with Crippen LogP contribution in [-0.4, -0.2) is 47.8 Å². The Hall–Kier alpha value is -1.41. The highest BCUT2D eigenvalue weighted by molar-refractivity contribution is 7.89. The number of fused-ring (bicyclic) bond motifs is 1. The molecule has 1 atom stereocenters. The van der Waals surface area contributed by atoms with Gasteiger partial charge in [-0.1, -0.05) is 6.92 Å². The molecule has 1 aromatic heterocycles. The number of amides is 1. The van der Waals surface area contributed by atoms with Gasteiger partial charge in [0.25, 0.3) is 0 Å². The summed E-state index contributed by atoms with van der Waals surface area (Å²) < 4.78 is 27.6. The van der Waals surface area contributed by atoms with E-state index < -0.39 is 10.0 Å². The number of aromatic nitrogens is 2. The second-order valence-corrected chi connectivity index (χ2v) is 7.00. The van der Waals surface area contributed by atoms with Crippen molar-refractivity contribution < 1.29 is 13.2 Å². The molecule has 112 valence electrons. The first kappa shape index (κ1) is 15.0. The van der Waals surface area contributed by atoms with Crippen molar-refractivity contribution >= 4 is 15.9 Å². The predicted octanol–water partition coefficient (Wildman–Crippen LogP) is 0.116. The quantitative estimate of drug-likeness (QED) is 0.837. The van der Waals surface area contributed by atoms with Gasteiger partial charge in [0.15, 0.2) is 0 Å². The standard InChI is InChI=1S/C12H20N4O3S/c1-3-6-20(18,19)15-8-10-4-5-14-16(10)11(9-15)7-12(17)13-2/h4-5,11H,3,6-9H2,1-2H3,(H,13,17)/t11-/m0/s1. The minimum absolute atomic E-state index is 0.119. The van der Waals surface area contributed by atoms with Crippen LogP contribution in [0.2, 0.25) is 0 Å². The smallest absolute Gasteiger partial charge is 0.221 e. The maximum Gasteiger partial charge on any atom is 0.221 e.